The molecule has 17 heavy (non-hydrogen) atoms. The van der Waals surface area contributed by atoms with Crippen molar-refractivity contribution in [3.8, 4) is 0 Å². The molecule has 0 radical (unpaired) electrons. The lowest BCUT2D eigenvalue weighted by atomic mass is 10.0. The van der Waals surface area contributed by atoms with Crippen molar-refractivity contribution < 1.29 is 14.3 Å². The number of carbonyl (C=O) groups is 2. The molecule has 1 saturated carbocycles. The summed E-state index contributed by atoms with van der Waals surface area (Å²) in [7, 11) is 0. The zero-order valence-electron chi connectivity index (χ0n) is 10.7. The molecule has 0 aromatic heterocycles. The van der Waals surface area contributed by atoms with Crippen LogP contribution in [0.2, 0.25) is 0 Å². The van der Waals surface area contributed by atoms with E-state index in [2.05, 4.69) is 17.6 Å². The van der Waals surface area contributed by atoms with E-state index < -0.39 is 5.97 Å². The number of nitrogens with one attached hydrogen (secondary N) is 2. The second-order valence-electron chi connectivity index (χ2n) is 4.59. The average Bonchev–Trinajstić information content (AvgIpc) is 3.05. The summed E-state index contributed by atoms with van der Waals surface area (Å²) >= 11 is 0. The minimum absolute atomic E-state index is 0.0690. The Hall–Kier alpha value is -1.26. The molecule has 0 aromatic rings. The number of hydrogen-bond acceptors (Lipinski definition) is 3. The number of amides is 2. The molecule has 0 bridgehead atoms. The minimum atomic E-state index is -0.405. The normalized spacial score (nSPS) is 16.1. The summed E-state index contributed by atoms with van der Waals surface area (Å²) in [5, 5.41) is 5.30. The standard InChI is InChI=1S/C12H22N2O3/c1-3-5-12(6-7-12)9-14-11(16)13-8-10(15)17-4-2/h3-9H2,1-2H3,(H2,13,14,16). The molecule has 0 aliphatic heterocycles. The number of ether oxygens (including phenoxy) is 1. The van der Waals surface area contributed by atoms with E-state index in [9.17, 15) is 9.59 Å². The van der Waals surface area contributed by atoms with Crippen molar-refractivity contribution in [1.29, 1.82) is 0 Å². The van der Waals surface area contributed by atoms with E-state index in [0.717, 1.165) is 12.8 Å². The van der Waals surface area contributed by atoms with E-state index >= 15 is 0 Å². The largest absolute Gasteiger partial charge is 0.465 e. The predicted molar refractivity (Wildman–Crippen MR) is 64.6 cm³/mol. The lowest BCUT2D eigenvalue weighted by molar-refractivity contribution is -0.141. The van der Waals surface area contributed by atoms with Gasteiger partial charge in [0.1, 0.15) is 6.54 Å². The lowest BCUT2D eigenvalue weighted by Gasteiger charge is -2.15. The second kappa shape index (κ2) is 6.47. The molecule has 0 heterocycles. The van der Waals surface area contributed by atoms with Crippen LogP contribution in [0.1, 0.15) is 39.5 Å². The van der Waals surface area contributed by atoms with Crippen LogP contribution in [0.15, 0.2) is 0 Å². The van der Waals surface area contributed by atoms with Gasteiger partial charge in [-0.15, -0.1) is 0 Å². The van der Waals surface area contributed by atoms with Crippen molar-refractivity contribution in [2.24, 2.45) is 5.41 Å². The lowest BCUT2D eigenvalue weighted by Crippen LogP contribution is -2.41. The Morgan fingerprint density at radius 1 is 1.24 bits per heavy atom. The fraction of sp³-hybridized carbons (Fsp3) is 0.833. The van der Waals surface area contributed by atoms with Crippen molar-refractivity contribution in [3.05, 3.63) is 0 Å². The summed E-state index contributed by atoms with van der Waals surface area (Å²) in [6.07, 6.45) is 4.69. The number of esters is 1. The second-order valence-corrected chi connectivity index (χ2v) is 4.59. The van der Waals surface area contributed by atoms with Crippen molar-refractivity contribution in [1.82, 2.24) is 10.6 Å². The van der Waals surface area contributed by atoms with Crippen molar-refractivity contribution in [2.45, 2.75) is 39.5 Å². The zero-order chi connectivity index (χ0) is 12.7. The maximum atomic E-state index is 11.4. The van der Waals surface area contributed by atoms with Gasteiger partial charge in [0.05, 0.1) is 6.61 Å². The van der Waals surface area contributed by atoms with Crippen LogP contribution in [0, 0.1) is 5.41 Å². The Morgan fingerprint density at radius 3 is 2.47 bits per heavy atom. The van der Waals surface area contributed by atoms with Gasteiger partial charge in [0, 0.05) is 6.54 Å². The zero-order valence-corrected chi connectivity index (χ0v) is 10.7. The molecule has 1 aliphatic rings. The molecular formula is C12H22N2O3. The first-order valence-corrected chi connectivity index (χ1v) is 6.29. The van der Waals surface area contributed by atoms with E-state index in [4.69, 9.17) is 4.74 Å². The number of hydrogen-bond donors (Lipinski definition) is 2. The third-order valence-corrected chi connectivity index (χ3v) is 3.06. The van der Waals surface area contributed by atoms with Crippen LogP contribution in [-0.2, 0) is 9.53 Å². The molecule has 98 valence electrons. The predicted octanol–water partition coefficient (Wildman–Crippen LogP) is 1.43. The molecule has 0 saturated heterocycles. The fourth-order valence-corrected chi connectivity index (χ4v) is 1.92. The van der Waals surface area contributed by atoms with Gasteiger partial charge in [0.15, 0.2) is 0 Å². The highest BCUT2D eigenvalue weighted by Crippen LogP contribution is 2.48. The van der Waals surface area contributed by atoms with Gasteiger partial charge in [-0.1, -0.05) is 13.3 Å². The Kier molecular flexibility index (Phi) is 5.25. The van der Waals surface area contributed by atoms with Gasteiger partial charge >= 0.3 is 12.0 Å². The van der Waals surface area contributed by atoms with Crippen LogP contribution >= 0.6 is 0 Å². The van der Waals surface area contributed by atoms with Gasteiger partial charge in [-0.05, 0) is 31.6 Å². The van der Waals surface area contributed by atoms with Gasteiger partial charge in [-0.2, -0.15) is 0 Å². The van der Waals surface area contributed by atoms with Crippen LogP contribution in [0.3, 0.4) is 0 Å². The highest BCUT2D eigenvalue weighted by molar-refractivity contribution is 5.80. The van der Waals surface area contributed by atoms with Crippen LogP contribution in [0.5, 0.6) is 0 Å². The molecule has 2 N–H and O–H groups in total. The molecule has 5 nitrogen and oxygen atoms in total. The van der Waals surface area contributed by atoms with E-state index in [1.807, 2.05) is 0 Å². The molecular weight excluding hydrogens is 220 g/mol. The van der Waals surface area contributed by atoms with Gasteiger partial charge in [-0.25, -0.2) is 4.79 Å². The summed E-state index contributed by atoms with van der Waals surface area (Å²) in [4.78, 5) is 22.4. The average molecular weight is 242 g/mol. The van der Waals surface area contributed by atoms with E-state index in [1.54, 1.807) is 6.92 Å². The molecule has 1 aliphatic carbocycles. The Balaban J connectivity index is 2.11. The molecule has 0 aromatic carbocycles. The molecule has 0 atom stereocenters. The fourth-order valence-electron chi connectivity index (χ4n) is 1.92. The van der Waals surface area contributed by atoms with Gasteiger partial charge < -0.3 is 15.4 Å². The van der Waals surface area contributed by atoms with Crippen molar-refractivity contribution in [2.75, 3.05) is 19.7 Å². The number of carbonyl (C=O) groups excluding carboxylic acids is 2. The first kappa shape index (κ1) is 13.8. The number of rotatable bonds is 7. The quantitative estimate of drug-likeness (QED) is 0.664. The van der Waals surface area contributed by atoms with Crippen LogP contribution in [0.4, 0.5) is 4.79 Å². The molecule has 5 heteroatoms. The van der Waals surface area contributed by atoms with Crippen LogP contribution in [0.25, 0.3) is 0 Å². The summed E-state index contributed by atoms with van der Waals surface area (Å²) in [6.45, 7) is 4.86. The summed E-state index contributed by atoms with van der Waals surface area (Å²) in [5.74, 6) is -0.405. The Bertz CT molecular complexity index is 275. The van der Waals surface area contributed by atoms with Crippen molar-refractivity contribution in [3.63, 3.8) is 0 Å². The van der Waals surface area contributed by atoms with E-state index in [1.165, 1.54) is 12.8 Å². The molecule has 2 amide bonds. The monoisotopic (exact) mass is 242 g/mol. The van der Waals surface area contributed by atoms with Gasteiger partial charge in [0.25, 0.3) is 0 Å². The van der Waals surface area contributed by atoms with E-state index in [-0.39, 0.29) is 12.6 Å². The first-order chi connectivity index (χ1) is 8.12. The summed E-state index contributed by atoms with van der Waals surface area (Å²) < 4.78 is 4.71. The van der Waals surface area contributed by atoms with Gasteiger partial charge in [-0.3, -0.25) is 4.79 Å². The van der Waals surface area contributed by atoms with Crippen molar-refractivity contribution >= 4 is 12.0 Å². The molecule has 0 unspecified atom stereocenters. The van der Waals surface area contributed by atoms with Crippen LogP contribution < -0.4 is 10.6 Å². The molecule has 0 spiro atoms. The minimum Gasteiger partial charge on any atom is -0.465 e. The maximum absolute atomic E-state index is 11.4. The van der Waals surface area contributed by atoms with Gasteiger partial charge in [0.2, 0.25) is 0 Å². The number of urea groups is 1. The molecule has 1 rings (SSSR count). The SMILES string of the molecule is CCCC1(CNC(=O)NCC(=O)OCC)CC1. The Morgan fingerprint density at radius 2 is 1.94 bits per heavy atom. The highest BCUT2D eigenvalue weighted by atomic mass is 16.5. The summed E-state index contributed by atoms with van der Waals surface area (Å²) in [6, 6.07) is -0.291. The van der Waals surface area contributed by atoms with E-state index in [0.29, 0.717) is 18.6 Å². The maximum Gasteiger partial charge on any atom is 0.325 e. The Labute approximate surface area is 102 Å². The van der Waals surface area contributed by atoms with Crippen LogP contribution in [-0.4, -0.2) is 31.7 Å². The smallest absolute Gasteiger partial charge is 0.325 e. The summed E-state index contributed by atoms with van der Waals surface area (Å²) in [5.41, 5.74) is 0.329. The topological polar surface area (TPSA) is 67.4 Å². The molecule has 1 fully saturated rings. The third kappa shape index (κ3) is 5.06. The third-order valence-electron chi connectivity index (χ3n) is 3.06. The first-order valence-electron chi connectivity index (χ1n) is 6.29. The highest BCUT2D eigenvalue weighted by Gasteiger charge is 2.41.